The topological polar surface area (TPSA) is 95.5 Å². The van der Waals surface area contributed by atoms with Gasteiger partial charge in [0.15, 0.2) is 11.7 Å². The van der Waals surface area contributed by atoms with Gasteiger partial charge in [0.1, 0.15) is 11.3 Å². The summed E-state index contributed by atoms with van der Waals surface area (Å²) in [7, 11) is 0. The molecular weight excluding hydrogens is 413 g/mol. The second-order valence-corrected chi connectivity index (χ2v) is 7.44. The third kappa shape index (κ3) is 3.78. The van der Waals surface area contributed by atoms with E-state index in [1.165, 1.54) is 18.2 Å². The number of allylic oxidation sites excluding steroid dienone is 3. The van der Waals surface area contributed by atoms with Crippen LogP contribution in [0.5, 0.6) is 0 Å². The second-order valence-electron chi connectivity index (χ2n) is 7.44. The lowest BCUT2D eigenvalue weighted by atomic mass is 9.73. The van der Waals surface area contributed by atoms with E-state index in [0.29, 0.717) is 0 Å². The number of non-ortho nitro benzene ring substituents is 1. The molecule has 0 amide bonds. The molecule has 31 heavy (non-hydrogen) atoms. The highest BCUT2D eigenvalue weighted by molar-refractivity contribution is 6.00. The summed E-state index contributed by atoms with van der Waals surface area (Å²) in [5.41, 5.74) is 4.77. The summed E-state index contributed by atoms with van der Waals surface area (Å²) in [6, 6.07) is 13.9. The highest BCUT2D eigenvalue weighted by Crippen LogP contribution is 2.51. The predicted octanol–water partition coefficient (Wildman–Crippen LogP) is 4.84. The van der Waals surface area contributed by atoms with E-state index in [1.807, 2.05) is 30.3 Å². The highest BCUT2D eigenvalue weighted by Gasteiger charge is 2.50. The second kappa shape index (κ2) is 7.57. The maximum Gasteiger partial charge on any atom is 0.418 e. The Labute approximate surface area is 175 Å². The van der Waals surface area contributed by atoms with Gasteiger partial charge in [-0.1, -0.05) is 42.5 Å². The maximum absolute atomic E-state index is 13.9. The molecule has 2 aromatic rings. The van der Waals surface area contributed by atoms with Crippen molar-refractivity contribution in [2.24, 2.45) is 5.73 Å². The number of rotatable bonds is 3. The van der Waals surface area contributed by atoms with Gasteiger partial charge >= 0.3 is 6.18 Å². The average molecular weight is 430 g/mol. The molecule has 0 aromatic heterocycles. The number of nitrogens with two attached hydrogens (primary N) is 1. The van der Waals surface area contributed by atoms with Crippen LogP contribution in [-0.2, 0) is 9.53 Å². The van der Waals surface area contributed by atoms with Gasteiger partial charge in [0.25, 0.3) is 5.69 Å². The molecule has 0 saturated carbocycles. The van der Waals surface area contributed by atoms with Gasteiger partial charge in [0, 0.05) is 30.5 Å². The number of nitrogens with zero attached hydrogens (tertiary/aromatic N) is 1. The summed E-state index contributed by atoms with van der Waals surface area (Å²) < 4.78 is 47.1. The number of benzene rings is 2. The smallest absolute Gasteiger partial charge is 0.418 e. The van der Waals surface area contributed by atoms with Gasteiger partial charge < -0.3 is 10.5 Å². The number of hydrogen-bond acceptors (Lipinski definition) is 5. The number of nitro groups is 1. The first-order valence-electron chi connectivity index (χ1n) is 9.47. The Bertz CT molecular complexity index is 1120. The summed E-state index contributed by atoms with van der Waals surface area (Å²) in [4.78, 5) is 23.6. The molecule has 2 unspecified atom stereocenters. The maximum atomic E-state index is 13.9. The minimum absolute atomic E-state index is 0.00265. The molecule has 0 bridgehead atoms. The van der Waals surface area contributed by atoms with Crippen molar-refractivity contribution in [3.63, 3.8) is 0 Å². The van der Waals surface area contributed by atoms with Gasteiger partial charge in [-0.3, -0.25) is 14.9 Å². The third-order valence-corrected chi connectivity index (χ3v) is 5.53. The van der Waals surface area contributed by atoms with Crippen molar-refractivity contribution in [1.82, 2.24) is 0 Å². The number of carbonyl (C=O) groups is 1. The van der Waals surface area contributed by atoms with Crippen LogP contribution in [0.3, 0.4) is 0 Å². The standard InChI is InChI=1S/C22H17F3N2O4/c23-22(24,25)20-18(13-7-4-8-15(9-13)27(29)30)19-16(28)10-14(11-17(19)31-21(20)26)12-5-2-1-3-6-12/h1-9,14,18H,10-11,26H2. The highest BCUT2D eigenvalue weighted by atomic mass is 19.4. The fourth-order valence-electron chi connectivity index (χ4n) is 4.20. The molecular formula is C22H17F3N2O4. The number of Topliss-reactive ketones (excluding diaryl/α,β-unsaturated/α-hetero) is 1. The van der Waals surface area contributed by atoms with Gasteiger partial charge in [-0.2, -0.15) is 13.2 Å². The molecule has 0 spiro atoms. The van der Waals surface area contributed by atoms with Crippen LogP contribution in [0.25, 0.3) is 0 Å². The summed E-state index contributed by atoms with van der Waals surface area (Å²) in [5.74, 6) is -3.12. The predicted molar refractivity (Wildman–Crippen MR) is 105 cm³/mol. The van der Waals surface area contributed by atoms with Crippen LogP contribution in [0.4, 0.5) is 18.9 Å². The number of hydrogen-bond donors (Lipinski definition) is 1. The monoisotopic (exact) mass is 430 g/mol. The van der Waals surface area contributed by atoms with Crippen molar-refractivity contribution in [1.29, 1.82) is 0 Å². The molecule has 2 aromatic carbocycles. The van der Waals surface area contributed by atoms with Crippen molar-refractivity contribution < 1.29 is 27.6 Å². The Kier molecular flexibility index (Phi) is 5.04. The van der Waals surface area contributed by atoms with Crippen LogP contribution < -0.4 is 5.73 Å². The van der Waals surface area contributed by atoms with Gasteiger partial charge in [-0.15, -0.1) is 0 Å². The van der Waals surface area contributed by atoms with Crippen LogP contribution in [0, 0.1) is 10.1 Å². The summed E-state index contributed by atoms with van der Waals surface area (Å²) in [6.45, 7) is 0. The lowest BCUT2D eigenvalue weighted by Gasteiger charge is -2.36. The zero-order valence-electron chi connectivity index (χ0n) is 16.1. The Hall–Kier alpha value is -3.62. The molecule has 2 aliphatic rings. The Morgan fingerprint density at radius 1 is 1.03 bits per heavy atom. The van der Waals surface area contributed by atoms with E-state index in [0.717, 1.165) is 11.6 Å². The Balaban J connectivity index is 1.85. The van der Waals surface area contributed by atoms with E-state index in [9.17, 15) is 28.1 Å². The van der Waals surface area contributed by atoms with E-state index < -0.39 is 34.3 Å². The number of carbonyl (C=O) groups excluding carboxylic acids is 1. The van der Waals surface area contributed by atoms with Gasteiger partial charge in [-0.05, 0) is 17.0 Å². The van der Waals surface area contributed by atoms with Crippen molar-refractivity contribution in [2.45, 2.75) is 30.9 Å². The fourth-order valence-corrected chi connectivity index (χ4v) is 4.20. The van der Waals surface area contributed by atoms with Crippen LogP contribution in [0.15, 0.2) is 77.4 Å². The fraction of sp³-hybridized carbons (Fsp3) is 0.227. The molecule has 0 radical (unpaired) electrons. The molecule has 2 N–H and O–H groups in total. The zero-order chi connectivity index (χ0) is 22.3. The van der Waals surface area contributed by atoms with Crippen LogP contribution in [0.2, 0.25) is 0 Å². The van der Waals surface area contributed by atoms with Crippen molar-refractivity contribution in [3.8, 4) is 0 Å². The van der Waals surface area contributed by atoms with Gasteiger partial charge in [0.05, 0.1) is 10.8 Å². The molecule has 0 saturated heterocycles. The molecule has 1 heterocycles. The summed E-state index contributed by atoms with van der Waals surface area (Å²) in [6.07, 6.45) is -4.69. The van der Waals surface area contributed by atoms with E-state index in [-0.39, 0.29) is 41.3 Å². The normalized spacial score (nSPS) is 21.6. The van der Waals surface area contributed by atoms with Crippen molar-refractivity contribution in [2.75, 3.05) is 0 Å². The molecule has 4 rings (SSSR count). The molecule has 6 nitrogen and oxygen atoms in total. The van der Waals surface area contributed by atoms with Gasteiger partial charge in [0.2, 0.25) is 0 Å². The largest absolute Gasteiger partial charge is 0.445 e. The first-order chi connectivity index (χ1) is 14.7. The molecule has 1 aliphatic carbocycles. The van der Waals surface area contributed by atoms with Crippen molar-refractivity contribution >= 4 is 11.5 Å². The van der Waals surface area contributed by atoms with E-state index in [4.69, 9.17) is 10.5 Å². The molecule has 9 heteroatoms. The van der Waals surface area contributed by atoms with Crippen LogP contribution in [-0.4, -0.2) is 16.9 Å². The summed E-state index contributed by atoms with van der Waals surface area (Å²) in [5, 5.41) is 11.2. The molecule has 1 aliphatic heterocycles. The number of ketones is 1. The lowest BCUT2D eigenvalue weighted by molar-refractivity contribution is -0.384. The Morgan fingerprint density at radius 3 is 2.35 bits per heavy atom. The number of ether oxygens (including phenoxy) is 1. The Morgan fingerprint density at radius 2 is 1.71 bits per heavy atom. The van der Waals surface area contributed by atoms with Gasteiger partial charge in [-0.25, -0.2) is 0 Å². The third-order valence-electron chi connectivity index (χ3n) is 5.53. The summed E-state index contributed by atoms with van der Waals surface area (Å²) >= 11 is 0. The molecule has 160 valence electrons. The molecule has 0 fully saturated rings. The SMILES string of the molecule is NC1=C(C(F)(F)F)C(c2cccc([N+](=O)[O-])c2)C2=C(CC(c3ccccc3)CC2=O)O1. The molecule has 2 atom stereocenters. The first-order valence-corrected chi connectivity index (χ1v) is 9.47. The van der Waals surface area contributed by atoms with E-state index >= 15 is 0 Å². The van der Waals surface area contributed by atoms with Crippen LogP contribution in [0.1, 0.15) is 35.8 Å². The minimum Gasteiger partial charge on any atom is -0.445 e. The lowest BCUT2D eigenvalue weighted by Crippen LogP contribution is -2.34. The van der Waals surface area contributed by atoms with Crippen LogP contribution >= 0.6 is 0 Å². The first kappa shape index (κ1) is 20.6. The van der Waals surface area contributed by atoms with Crippen molar-refractivity contribution in [3.05, 3.63) is 98.6 Å². The quantitative estimate of drug-likeness (QED) is 0.555. The van der Waals surface area contributed by atoms with E-state index in [2.05, 4.69) is 0 Å². The number of alkyl halides is 3. The minimum atomic E-state index is -4.89. The van der Waals surface area contributed by atoms with E-state index in [1.54, 1.807) is 0 Å². The number of halogens is 3. The number of nitro benzene ring substituents is 1. The zero-order valence-corrected chi connectivity index (χ0v) is 16.1. The average Bonchev–Trinajstić information content (AvgIpc) is 2.72.